The summed E-state index contributed by atoms with van der Waals surface area (Å²) in [4.78, 5) is 24.3. The number of benzene rings is 2. The minimum atomic E-state index is -0.694. The van der Waals surface area contributed by atoms with Gasteiger partial charge in [0.1, 0.15) is 5.56 Å². The second kappa shape index (κ2) is 10.2. The van der Waals surface area contributed by atoms with Gasteiger partial charge in [-0.25, -0.2) is 4.79 Å². The van der Waals surface area contributed by atoms with Gasteiger partial charge in [0.15, 0.2) is 17.2 Å². The van der Waals surface area contributed by atoms with Gasteiger partial charge in [-0.05, 0) is 43.7 Å². The second-order valence-electron chi connectivity index (χ2n) is 5.94. The number of unbranched alkanes of at least 4 members (excludes halogenated alkanes) is 1. The Morgan fingerprint density at radius 1 is 1.07 bits per heavy atom. The Kier molecular flexibility index (Phi) is 7.68. The number of phenolic OH excluding ortho intramolecular Hbond substituents is 1. The van der Waals surface area contributed by atoms with E-state index in [4.69, 9.17) is 9.47 Å². The van der Waals surface area contributed by atoms with Gasteiger partial charge >= 0.3 is 5.97 Å². The van der Waals surface area contributed by atoms with Gasteiger partial charge in [-0.15, -0.1) is 0 Å². The maximum Gasteiger partial charge on any atom is 0.341 e. The monoisotopic (exact) mass is 387 g/mol. The maximum atomic E-state index is 12.6. The van der Waals surface area contributed by atoms with E-state index in [0.717, 1.165) is 12.8 Å². The van der Waals surface area contributed by atoms with Gasteiger partial charge < -0.3 is 24.6 Å². The van der Waals surface area contributed by atoms with Crippen LogP contribution in [-0.2, 0) is 4.74 Å². The van der Waals surface area contributed by atoms with Crippen LogP contribution in [0.15, 0.2) is 36.4 Å². The lowest BCUT2D eigenvalue weighted by Gasteiger charge is -2.14. The third kappa shape index (κ3) is 5.16. The highest BCUT2D eigenvalue weighted by Gasteiger charge is 2.17. The highest BCUT2D eigenvalue weighted by molar-refractivity contribution is 6.06. The molecule has 150 valence electrons. The zero-order chi connectivity index (χ0) is 20.5. The maximum absolute atomic E-state index is 12.6. The van der Waals surface area contributed by atoms with Crippen molar-refractivity contribution in [3.63, 3.8) is 0 Å². The summed E-state index contributed by atoms with van der Waals surface area (Å²) in [5, 5.41) is 12.8. The smallest absolute Gasteiger partial charge is 0.341 e. The first kappa shape index (κ1) is 21.1. The molecule has 7 heteroatoms. The number of hydrogen-bond acceptors (Lipinski definition) is 6. The highest BCUT2D eigenvalue weighted by Crippen LogP contribution is 2.31. The molecule has 0 radical (unpaired) electrons. The highest BCUT2D eigenvalue weighted by atomic mass is 16.5. The number of carbonyl (C=O) groups is 2. The van der Waals surface area contributed by atoms with E-state index in [1.54, 1.807) is 18.2 Å². The molecule has 0 fully saturated rings. The molecule has 2 rings (SSSR count). The molecule has 0 aromatic heterocycles. The Hall–Kier alpha value is -3.22. The van der Waals surface area contributed by atoms with Crippen molar-refractivity contribution in [2.24, 2.45) is 0 Å². The van der Waals surface area contributed by atoms with Crippen LogP contribution in [0.1, 0.15) is 47.4 Å². The third-order valence-corrected chi connectivity index (χ3v) is 3.95. The molecule has 1 amide bonds. The Labute approximate surface area is 164 Å². The SMILES string of the molecule is CCCCOc1ccc(C(=O)Nc2cccc(C(=O)OC)c2O)cc1OCC. The average Bonchev–Trinajstić information content (AvgIpc) is 2.70. The number of carbonyl (C=O) groups excluding carboxylic acids is 2. The van der Waals surface area contributed by atoms with Gasteiger partial charge in [0.25, 0.3) is 5.91 Å². The summed E-state index contributed by atoms with van der Waals surface area (Å²) >= 11 is 0. The fraction of sp³-hybridized carbons (Fsp3) is 0.333. The minimum absolute atomic E-state index is 0.0324. The van der Waals surface area contributed by atoms with Crippen LogP contribution in [0.3, 0.4) is 0 Å². The van der Waals surface area contributed by atoms with E-state index in [9.17, 15) is 14.7 Å². The van der Waals surface area contributed by atoms with Crippen molar-refractivity contribution in [1.29, 1.82) is 0 Å². The number of hydrogen-bond donors (Lipinski definition) is 2. The summed E-state index contributed by atoms with van der Waals surface area (Å²) in [5.41, 5.74) is 0.401. The lowest BCUT2D eigenvalue weighted by Crippen LogP contribution is -2.13. The van der Waals surface area contributed by atoms with Gasteiger partial charge in [0.2, 0.25) is 0 Å². The molecule has 0 atom stereocenters. The number of anilines is 1. The van der Waals surface area contributed by atoms with Gasteiger partial charge in [0.05, 0.1) is 26.0 Å². The second-order valence-corrected chi connectivity index (χ2v) is 5.94. The molecule has 0 saturated carbocycles. The topological polar surface area (TPSA) is 94.1 Å². The van der Waals surface area contributed by atoms with Crippen molar-refractivity contribution in [3.05, 3.63) is 47.5 Å². The Morgan fingerprint density at radius 2 is 1.86 bits per heavy atom. The van der Waals surface area contributed by atoms with Crippen LogP contribution in [0.25, 0.3) is 0 Å². The predicted octanol–water partition coefficient (Wildman–Crippen LogP) is 4.01. The van der Waals surface area contributed by atoms with E-state index < -0.39 is 11.9 Å². The molecule has 28 heavy (non-hydrogen) atoms. The lowest BCUT2D eigenvalue weighted by atomic mass is 10.1. The van der Waals surface area contributed by atoms with Crippen molar-refractivity contribution in [3.8, 4) is 17.2 Å². The average molecular weight is 387 g/mol. The Bertz CT molecular complexity index is 834. The van der Waals surface area contributed by atoms with Crippen molar-refractivity contribution in [2.75, 3.05) is 25.6 Å². The van der Waals surface area contributed by atoms with E-state index in [0.29, 0.717) is 30.3 Å². The van der Waals surface area contributed by atoms with Crippen molar-refractivity contribution in [2.45, 2.75) is 26.7 Å². The molecule has 0 bridgehead atoms. The van der Waals surface area contributed by atoms with E-state index >= 15 is 0 Å². The number of methoxy groups -OCH3 is 1. The fourth-order valence-corrected chi connectivity index (χ4v) is 2.48. The lowest BCUT2D eigenvalue weighted by molar-refractivity contribution is 0.0597. The summed E-state index contributed by atoms with van der Waals surface area (Å²) < 4.78 is 15.9. The van der Waals surface area contributed by atoms with Gasteiger partial charge in [-0.3, -0.25) is 4.79 Å². The number of phenols is 1. The predicted molar refractivity (Wildman–Crippen MR) is 105 cm³/mol. The van der Waals surface area contributed by atoms with Gasteiger partial charge in [0, 0.05) is 5.56 Å². The van der Waals surface area contributed by atoms with E-state index in [2.05, 4.69) is 17.0 Å². The van der Waals surface area contributed by atoms with Gasteiger partial charge in [-0.2, -0.15) is 0 Å². The van der Waals surface area contributed by atoms with Gasteiger partial charge in [-0.1, -0.05) is 19.4 Å². The van der Waals surface area contributed by atoms with Crippen LogP contribution in [0, 0.1) is 0 Å². The summed E-state index contributed by atoms with van der Waals surface area (Å²) in [5.74, 6) is -0.465. The number of amides is 1. The molecular weight excluding hydrogens is 362 g/mol. The number of para-hydroxylation sites is 1. The van der Waals surface area contributed by atoms with Crippen molar-refractivity contribution < 1.29 is 28.9 Å². The van der Waals surface area contributed by atoms with E-state index in [1.807, 2.05) is 6.92 Å². The Morgan fingerprint density at radius 3 is 2.54 bits per heavy atom. The molecule has 2 aromatic rings. The largest absolute Gasteiger partial charge is 0.505 e. The van der Waals surface area contributed by atoms with E-state index in [1.165, 1.54) is 25.3 Å². The molecule has 7 nitrogen and oxygen atoms in total. The summed E-state index contributed by atoms with van der Waals surface area (Å²) in [7, 11) is 1.21. The molecule has 0 unspecified atom stereocenters. The van der Waals surface area contributed by atoms with Crippen LogP contribution in [0.4, 0.5) is 5.69 Å². The summed E-state index contributed by atoms with van der Waals surface area (Å²) in [6.07, 6.45) is 1.93. The zero-order valence-electron chi connectivity index (χ0n) is 16.3. The van der Waals surface area contributed by atoms with Crippen molar-refractivity contribution in [1.82, 2.24) is 0 Å². The molecule has 0 spiro atoms. The van der Waals surface area contributed by atoms with Crippen molar-refractivity contribution >= 4 is 17.6 Å². The molecule has 2 aromatic carbocycles. The molecule has 0 aliphatic rings. The molecule has 0 aliphatic carbocycles. The number of aromatic hydroxyl groups is 1. The molecule has 0 heterocycles. The minimum Gasteiger partial charge on any atom is -0.505 e. The third-order valence-electron chi connectivity index (χ3n) is 3.95. The van der Waals surface area contributed by atoms with Crippen LogP contribution in [0.5, 0.6) is 17.2 Å². The fourth-order valence-electron chi connectivity index (χ4n) is 2.48. The molecular formula is C21H25NO6. The molecule has 0 aliphatic heterocycles. The van der Waals surface area contributed by atoms with Crippen LogP contribution >= 0.6 is 0 Å². The quantitative estimate of drug-likeness (QED) is 0.384. The first-order valence-electron chi connectivity index (χ1n) is 9.13. The van der Waals surface area contributed by atoms with Crippen LogP contribution in [-0.4, -0.2) is 37.3 Å². The summed E-state index contributed by atoms with van der Waals surface area (Å²) in [6.45, 7) is 4.91. The van der Waals surface area contributed by atoms with E-state index in [-0.39, 0.29) is 17.0 Å². The first-order chi connectivity index (χ1) is 13.5. The number of ether oxygens (including phenoxy) is 3. The Balaban J connectivity index is 2.22. The first-order valence-corrected chi connectivity index (χ1v) is 9.13. The summed E-state index contributed by atoms with van der Waals surface area (Å²) in [6, 6.07) is 9.32. The molecule has 2 N–H and O–H groups in total. The number of nitrogens with one attached hydrogen (secondary N) is 1. The van der Waals surface area contributed by atoms with Crippen LogP contribution in [0.2, 0.25) is 0 Å². The van der Waals surface area contributed by atoms with Crippen LogP contribution < -0.4 is 14.8 Å². The number of esters is 1. The standard InChI is InChI=1S/C21H25NO6/c1-4-6-12-28-17-11-10-14(13-18(17)27-5-2)20(24)22-16-9-7-8-15(19(16)23)21(25)26-3/h7-11,13,23H,4-6,12H2,1-3H3,(H,22,24). The normalized spacial score (nSPS) is 10.2. The zero-order valence-corrected chi connectivity index (χ0v) is 16.3. The number of rotatable bonds is 9. The molecule has 0 saturated heterocycles.